The summed E-state index contributed by atoms with van der Waals surface area (Å²) < 4.78 is 10.7. The van der Waals surface area contributed by atoms with E-state index in [1.165, 1.54) is 15.3 Å². The third-order valence-electron chi connectivity index (χ3n) is 4.59. The van der Waals surface area contributed by atoms with Crippen molar-refractivity contribution in [2.24, 2.45) is 10.9 Å². The zero-order valence-corrected chi connectivity index (χ0v) is 19.3. The van der Waals surface area contributed by atoms with Gasteiger partial charge in [0.05, 0.1) is 20.3 Å². The van der Waals surface area contributed by atoms with Crippen molar-refractivity contribution in [2.75, 3.05) is 41.0 Å². The molecule has 1 N–H and O–H groups in total. The van der Waals surface area contributed by atoms with Crippen molar-refractivity contribution in [3.05, 3.63) is 41.3 Å². The van der Waals surface area contributed by atoms with Crippen LogP contribution in [0, 0.1) is 5.92 Å². The minimum Gasteiger partial charge on any atom is -0.497 e. The van der Waals surface area contributed by atoms with Crippen LogP contribution in [-0.2, 0) is 11.3 Å². The van der Waals surface area contributed by atoms with Gasteiger partial charge in [0.2, 0.25) is 0 Å². The molecule has 1 aromatic heterocycles. The lowest BCUT2D eigenvalue weighted by molar-refractivity contribution is 0.181. The van der Waals surface area contributed by atoms with Crippen LogP contribution in [0.4, 0.5) is 0 Å². The summed E-state index contributed by atoms with van der Waals surface area (Å²) in [7, 11) is 5.61. The zero-order valence-electron chi connectivity index (χ0n) is 16.1. The molecule has 1 aliphatic rings. The van der Waals surface area contributed by atoms with Gasteiger partial charge in [-0.05, 0) is 48.4 Å². The second-order valence-corrected chi connectivity index (χ2v) is 7.67. The first-order chi connectivity index (χ1) is 12.7. The summed E-state index contributed by atoms with van der Waals surface area (Å²) in [5.41, 5.74) is 1.21. The molecule has 1 aliphatic heterocycles. The van der Waals surface area contributed by atoms with Gasteiger partial charge >= 0.3 is 0 Å². The van der Waals surface area contributed by atoms with Gasteiger partial charge in [0, 0.05) is 42.9 Å². The van der Waals surface area contributed by atoms with Gasteiger partial charge in [-0.15, -0.1) is 35.3 Å². The molecule has 0 amide bonds. The van der Waals surface area contributed by atoms with Gasteiger partial charge in [-0.2, -0.15) is 0 Å². The van der Waals surface area contributed by atoms with Crippen LogP contribution < -0.4 is 10.1 Å². The maximum absolute atomic E-state index is 5.47. The van der Waals surface area contributed by atoms with Crippen molar-refractivity contribution in [1.82, 2.24) is 10.2 Å². The number of hydrogen-bond donors (Lipinski definition) is 1. The van der Waals surface area contributed by atoms with E-state index in [9.17, 15) is 0 Å². The third-order valence-corrected chi connectivity index (χ3v) is 5.72. The first kappa shape index (κ1) is 22.0. The lowest BCUT2D eigenvalue weighted by Gasteiger charge is -2.24. The Morgan fingerprint density at radius 3 is 2.70 bits per heavy atom. The Labute approximate surface area is 182 Å². The van der Waals surface area contributed by atoms with Crippen molar-refractivity contribution in [1.29, 1.82) is 0 Å². The number of nitrogens with one attached hydrogen (secondary N) is 1. The van der Waals surface area contributed by atoms with Gasteiger partial charge in [-0.3, -0.25) is 4.99 Å². The van der Waals surface area contributed by atoms with E-state index in [2.05, 4.69) is 46.5 Å². The van der Waals surface area contributed by atoms with E-state index >= 15 is 0 Å². The number of benzene rings is 1. The van der Waals surface area contributed by atoms with E-state index in [0.29, 0.717) is 5.92 Å². The Hall–Kier alpha value is -1.32. The molecule has 7 heteroatoms. The Morgan fingerprint density at radius 1 is 1.30 bits per heavy atom. The molecule has 2 aromatic rings. The highest BCUT2D eigenvalue weighted by Crippen LogP contribution is 2.29. The standard InChI is InChI=1S/C20H27N3O2S.HI/c1-21-20(23(2)13-15-10-11-25-14-15)22-12-18-8-9-19(26-18)16-4-6-17(24-3)7-5-16;/h4-9,15H,10-14H2,1-3H3,(H,21,22);1H. The Kier molecular flexibility index (Phi) is 8.85. The average Bonchev–Trinajstić information content (AvgIpc) is 3.34. The number of aliphatic imine (C=N–C) groups is 1. The van der Waals surface area contributed by atoms with Gasteiger partial charge in [0.25, 0.3) is 0 Å². The van der Waals surface area contributed by atoms with E-state index in [4.69, 9.17) is 9.47 Å². The highest BCUT2D eigenvalue weighted by atomic mass is 127. The van der Waals surface area contributed by atoms with E-state index < -0.39 is 0 Å². The van der Waals surface area contributed by atoms with Crippen molar-refractivity contribution < 1.29 is 9.47 Å². The second-order valence-electron chi connectivity index (χ2n) is 6.51. The number of halogens is 1. The number of thiophene rings is 1. The van der Waals surface area contributed by atoms with Gasteiger partial charge in [0.1, 0.15) is 5.75 Å². The Bertz CT molecular complexity index is 727. The van der Waals surface area contributed by atoms with E-state index in [1.54, 1.807) is 18.4 Å². The molecular weight excluding hydrogens is 473 g/mol. The van der Waals surface area contributed by atoms with Crippen LogP contribution in [0.3, 0.4) is 0 Å². The number of rotatable bonds is 6. The van der Waals surface area contributed by atoms with Crippen molar-refractivity contribution in [2.45, 2.75) is 13.0 Å². The molecule has 5 nitrogen and oxygen atoms in total. The van der Waals surface area contributed by atoms with Crippen LogP contribution in [-0.4, -0.2) is 51.8 Å². The normalized spacial score (nSPS) is 16.7. The molecule has 0 radical (unpaired) electrons. The summed E-state index contributed by atoms with van der Waals surface area (Å²) >= 11 is 1.80. The fourth-order valence-corrected chi connectivity index (χ4v) is 4.09. The molecule has 0 aliphatic carbocycles. The number of nitrogens with zero attached hydrogens (tertiary/aromatic N) is 2. The summed E-state index contributed by atoms with van der Waals surface area (Å²) in [5, 5.41) is 3.47. The van der Waals surface area contributed by atoms with Gasteiger partial charge < -0.3 is 19.7 Å². The van der Waals surface area contributed by atoms with Crippen LogP contribution >= 0.6 is 35.3 Å². The number of ether oxygens (including phenoxy) is 2. The molecule has 2 heterocycles. The van der Waals surface area contributed by atoms with Crippen LogP contribution in [0.15, 0.2) is 41.4 Å². The molecule has 1 fully saturated rings. The van der Waals surface area contributed by atoms with E-state index in [0.717, 1.165) is 44.4 Å². The van der Waals surface area contributed by atoms with Gasteiger partial charge in [-0.25, -0.2) is 0 Å². The summed E-state index contributed by atoms with van der Waals surface area (Å²) in [4.78, 5) is 9.15. The molecule has 1 atom stereocenters. The molecule has 27 heavy (non-hydrogen) atoms. The topological polar surface area (TPSA) is 46.1 Å². The lowest BCUT2D eigenvalue weighted by Crippen LogP contribution is -2.41. The van der Waals surface area contributed by atoms with Crippen LogP contribution in [0.25, 0.3) is 10.4 Å². The van der Waals surface area contributed by atoms with Gasteiger partial charge in [-0.1, -0.05) is 0 Å². The minimum absolute atomic E-state index is 0. The predicted molar refractivity (Wildman–Crippen MR) is 123 cm³/mol. The second kappa shape index (κ2) is 10.9. The fraction of sp³-hybridized carbons (Fsp3) is 0.450. The summed E-state index contributed by atoms with van der Waals surface area (Å²) in [6, 6.07) is 12.5. The molecule has 0 spiro atoms. The monoisotopic (exact) mass is 501 g/mol. The maximum Gasteiger partial charge on any atom is 0.193 e. The zero-order chi connectivity index (χ0) is 18.4. The molecule has 1 unspecified atom stereocenters. The Morgan fingerprint density at radius 2 is 2.07 bits per heavy atom. The van der Waals surface area contributed by atoms with Crippen LogP contribution in [0.5, 0.6) is 5.75 Å². The molecule has 148 valence electrons. The first-order valence-corrected chi connectivity index (χ1v) is 9.74. The number of guanidine groups is 1. The van der Waals surface area contributed by atoms with Crippen LogP contribution in [0.2, 0.25) is 0 Å². The van der Waals surface area contributed by atoms with E-state index in [1.807, 2.05) is 19.2 Å². The Balaban J connectivity index is 0.00000261. The lowest BCUT2D eigenvalue weighted by atomic mass is 10.1. The minimum atomic E-state index is 0. The molecule has 0 saturated carbocycles. The highest BCUT2D eigenvalue weighted by molar-refractivity contribution is 14.0. The first-order valence-electron chi connectivity index (χ1n) is 8.92. The highest BCUT2D eigenvalue weighted by Gasteiger charge is 2.19. The van der Waals surface area contributed by atoms with Crippen molar-refractivity contribution in [3.63, 3.8) is 0 Å². The molecular formula is C20H28IN3O2S. The molecule has 3 rings (SSSR count). The summed E-state index contributed by atoms with van der Waals surface area (Å²) in [6.45, 7) is 3.49. The SMILES string of the molecule is CN=C(NCc1ccc(-c2ccc(OC)cc2)s1)N(C)CC1CCOC1.I. The van der Waals surface area contributed by atoms with Crippen molar-refractivity contribution >= 4 is 41.3 Å². The predicted octanol–water partition coefficient (Wildman–Crippen LogP) is 4.09. The average molecular weight is 501 g/mol. The van der Waals surface area contributed by atoms with Gasteiger partial charge in [0.15, 0.2) is 5.96 Å². The number of methoxy groups -OCH3 is 1. The molecule has 1 saturated heterocycles. The van der Waals surface area contributed by atoms with E-state index in [-0.39, 0.29) is 24.0 Å². The van der Waals surface area contributed by atoms with Crippen LogP contribution in [0.1, 0.15) is 11.3 Å². The quantitative estimate of drug-likeness (QED) is 0.368. The summed E-state index contributed by atoms with van der Waals surface area (Å²) in [5.74, 6) is 2.41. The smallest absolute Gasteiger partial charge is 0.193 e. The third kappa shape index (κ3) is 6.08. The fourth-order valence-electron chi connectivity index (χ4n) is 3.14. The molecule has 1 aromatic carbocycles. The largest absolute Gasteiger partial charge is 0.497 e. The van der Waals surface area contributed by atoms with Crippen molar-refractivity contribution in [3.8, 4) is 16.2 Å². The maximum atomic E-state index is 5.47. The summed E-state index contributed by atoms with van der Waals surface area (Å²) in [6.07, 6.45) is 1.14. The number of hydrogen-bond acceptors (Lipinski definition) is 4. The molecule has 0 bridgehead atoms.